The quantitative estimate of drug-likeness (QED) is 0.761. The molecule has 0 radical (unpaired) electrons. The van der Waals surface area contributed by atoms with Crippen molar-refractivity contribution in [3.05, 3.63) is 58.6 Å². The third kappa shape index (κ3) is 3.94. The predicted octanol–water partition coefficient (Wildman–Crippen LogP) is 3.83. The van der Waals surface area contributed by atoms with Gasteiger partial charge in [-0.1, -0.05) is 23.7 Å². The van der Waals surface area contributed by atoms with E-state index in [1.165, 1.54) is 0 Å². The molecule has 1 saturated heterocycles. The van der Waals surface area contributed by atoms with Gasteiger partial charge in [-0.05, 0) is 42.3 Å². The average molecular weight is 360 g/mol. The van der Waals surface area contributed by atoms with Crippen molar-refractivity contribution in [3.63, 3.8) is 0 Å². The second-order valence-corrected chi connectivity index (χ2v) is 6.17. The van der Waals surface area contributed by atoms with Gasteiger partial charge in [0.25, 0.3) is 0 Å². The van der Waals surface area contributed by atoms with E-state index in [1.54, 1.807) is 36.3 Å². The molecule has 0 atom stereocenters. The predicted molar refractivity (Wildman–Crippen MR) is 95.2 cm³/mol. The Morgan fingerprint density at radius 2 is 2.08 bits per heavy atom. The van der Waals surface area contributed by atoms with Crippen molar-refractivity contribution in [3.8, 4) is 5.75 Å². The maximum Gasteiger partial charge on any atom is 0.340 e. The first-order valence-electron chi connectivity index (χ1n) is 7.98. The van der Waals surface area contributed by atoms with E-state index in [-0.39, 0.29) is 12.5 Å². The van der Waals surface area contributed by atoms with E-state index in [1.807, 2.05) is 18.2 Å². The molecular weight excluding hydrogens is 342 g/mol. The number of anilines is 1. The first kappa shape index (κ1) is 17.3. The van der Waals surface area contributed by atoms with Gasteiger partial charge in [0.05, 0.1) is 18.4 Å². The van der Waals surface area contributed by atoms with Crippen LogP contribution in [0.2, 0.25) is 5.02 Å². The summed E-state index contributed by atoms with van der Waals surface area (Å²) in [6.45, 7) is 0.696. The van der Waals surface area contributed by atoms with Crippen LogP contribution in [0.15, 0.2) is 42.5 Å². The van der Waals surface area contributed by atoms with Gasteiger partial charge in [0.1, 0.15) is 12.4 Å². The van der Waals surface area contributed by atoms with Crippen LogP contribution >= 0.6 is 11.6 Å². The molecule has 0 spiro atoms. The lowest BCUT2D eigenvalue weighted by molar-refractivity contribution is -0.117. The molecule has 0 saturated carbocycles. The fourth-order valence-corrected chi connectivity index (χ4v) is 2.96. The summed E-state index contributed by atoms with van der Waals surface area (Å²) < 4.78 is 10.6. The molecule has 1 heterocycles. The molecule has 2 aromatic rings. The lowest BCUT2D eigenvalue weighted by Crippen LogP contribution is -2.26. The largest absolute Gasteiger partial charge is 0.497 e. The molecule has 0 bridgehead atoms. The minimum absolute atomic E-state index is 0.0101. The zero-order valence-electron chi connectivity index (χ0n) is 13.8. The number of carbonyl (C=O) groups excluding carboxylic acids is 2. The van der Waals surface area contributed by atoms with Crippen molar-refractivity contribution < 1.29 is 19.1 Å². The molecular formula is C19H18ClNO4. The standard InChI is InChI=1S/C19H18ClNO4/c1-24-15-5-2-4-13(10-15)12-25-19(23)16-8-7-14(20)11-17(16)21-9-3-6-18(21)22/h2,4-5,7-8,10-11H,3,6,9,12H2,1H3. The van der Waals surface area contributed by atoms with Crippen LogP contribution in [0.3, 0.4) is 0 Å². The van der Waals surface area contributed by atoms with Crippen LogP contribution in [0.5, 0.6) is 5.75 Å². The summed E-state index contributed by atoms with van der Waals surface area (Å²) in [5, 5.41) is 0.471. The summed E-state index contributed by atoms with van der Waals surface area (Å²) >= 11 is 6.05. The van der Waals surface area contributed by atoms with Crippen molar-refractivity contribution in [1.82, 2.24) is 0 Å². The summed E-state index contributed by atoms with van der Waals surface area (Å²) in [6, 6.07) is 12.2. The van der Waals surface area contributed by atoms with Gasteiger partial charge in [0.15, 0.2) is 0 Å². The van der Waals surface area contributed by atoms with E-state index < -0.39 is 5.97 Å². The summed E-state index contributed by atoms with van der Waals surface area (Å²) in [5.41, 5.74) is 1.66. The third-order valence-electron chi connectivity index (χ3n) is 4.05. The number of hydrogen-bond donors (Lipinski definition) is 0. The molecule has 0 aromatic heterocycles. The van der Waals surface area contributed by atoms with E-state index in [0.29, 0.717) is 35.0 Å². The van der Waals surface area contributed by atoms with Gasteiger partial charge in [-0.2, -0.15) is 0 Å². The second kappa shape index (κ2) is 7.57. The second-order valence-electron chi connectivity index (χ2n) is 5.74. The molecule has 1 aliphatic heterocycles. The van der Waals surface area contributed by atoms with E-state index in [9.17, 15) is 9.59 Å². The molecule has 1 aliphatic rings. The molecule has 5 nitrogen and oxygen atoms in total. The fraction of sp³-hybridized carbons (Fsp3) is 0.263. The molecule has 0 aliphatic carbocycles. The van der Waals surface area contributed by atoms with Crippen molar-refractivity contribution in [2.24, 2.45) is 0 Å². The highest BCUT2D eigenvalue weighted by Crippen LogP contribution is 2.29. The molecule has 0 unspecified atom stereocenters. The Morgan fingerprint density at radius 3 is 2.80 bits per heavy atom. The Morgan fingerprint density at radius 1 is 1.24 bits per heavy atom. The third-order valence-corrected chi connectivity index (χ3v) is 4.28. The summed E-state index contributed by atoms with van der Waals surface area (Å²) in [6.07, 6.45) is 1.24. The van der Waals surface area contributed by atoms with Gasteiger partial charge in [-0.15, -0.1) is 0 Å². The van der Waals surface area contributed by atoms with Crippen LogP contribution in [0.25, 0.3) is 0 Å². The van der Waals surface area contributed by atoms with E-state index in [4.69, 9.17) is 21.1 Å². The number of esters is 1. The Balaban J connectivity index is 1.78. The number of amides is 1. The number of carbonyl (C=O) groups is 2. The van der Waals surface area contributed by atoms with E-state index in [0.717, 1.165) is 12.0 Å². The molecule has 0 N–H and O–H groups in total. The fourth-order valence-electron chi connectivity index (χ4n) is 2.79. The minimum atomic E-state index is -0.491. The lowest BCUT2D eigenvalue weighted by Gasteiger charge is -2.19. The maximum atomic E-state index is 12.5. The number of ether oxygens (including phenoxy) is 2. The molecule has 1 amide bonds. The van der Waals surface area contributed by atoms with E-state index >= 15 is 0 Å². The number of rotatable bonds is 5. The first-order chi connectivity index (χ1) is 12.1. The van der Waals surface area contributed by atoms with Crippen LogP contribution < -0.4 is 9.64 Å². The lowest BCUT2D eigenvalue weighted by atomic mass is 10.1. The van der Waals surface area contributed by atoms with Crippen LogP contribution in [0, 0.1) is 0 Å². The highest BCUT2D eigenvalue weighted by molar-refractivity contribution is 6.31. The van der Waals surface area contributed by atoms with Gasteiger partial charge in [-0.3, -0.25) is 4.79 Å². The van der Waals surface area contributed by atoms with Crippen LogP contribution in [-0.4, -0.2) is 25.5 Å². The Hall–Kier alpha value is -2.53. The van der Waals surface area contributed by atoms with Crippen LogP contribution in [-0.2, 0) is 16.1 Å². The van der Waals surface area contributed by atoms with Gasteiger partial charge in [-0.25, -0.2) is 4.79 Å². The molecule has 25 heavy (non-hydrogen) atoms. The Labute approximate surface area is 151 Å². The van der Waals surface area contributed by atoms with E-state index in [2.05, 4.69) is 0 Å². The minimum Gasteiger partial charge on any atom is -0.497 e. The number of nitrogens with zero attached hydrogens (tertiary/aromatic N) is 1. The molecule has 2 aromatic carbocycles. The number of halogens is 1. The summed E-state index contributed by atoms with van der Waals surface area (Å²) in [7, 11) is 1.58. The van der Waals surface area contributed by atoms with Gasteiger partial charge in [0.2, 0.25) is 5.91 Å². The normalized spacial score (nSPS) is 13.8. The smallest absolute Gasteiger partial charge is 0.340 e. The number of methoxy groups -OCH3 is 1. The van der Waals surface area contributed by atoms with Gasteiger partial charge >= 0.3 is 5.97 Å². The average Bonchev–Trinajstić information content (AvgIpc) is 3.05. The van der Waals surface area contributed by atoms with Gasteiger partial charge in [0, 0.05) is 18.0 Å². The topological polar surface area (TPSA) is 55.8 Å². The number of hydrogen-bond acceptors (Lipinski definition) is 4. The maximum absolute atomic E-state index is 12.5. The van der Waals surface area contributed by atoms with Crippen molar-refractivity contribution in [1.29, 1.82) is 0 Å². The molecule has 3 rings (SSSR count). The molecule has 130 valence electrons. The summed E-state index contributed by atoms with van der Waals surface area (Å²) in [4.78, 5) is 26.2. The zero-order valence-corrected chi connectivity index (χ0v) is 14.6. The SMILES string of the molecule is COc1cccc(COC(=O)c2ccc(Cl)cc2N2CCCC2=O)c1. The van der Waals surface area contributed by atoms with Crippen molar-refractivity contribution in [2.45, 2.75) is 19.4 Å². The highest BCUT2D eigenvalue weighted by Gasteiger charge is 2.26. The highest BCUT2D eigenvalue weighted by atomic mass is 35.5. The first-order valence-corrected chi connectivity index (χ1v) is 8.36. The van der Waals surface area contributed by atoms with Gasteiger partial charge < -0.3 is 14.4 Å². The Kier molecular flexibility index (Phi) is 5.24. The van der Waals surface area contributed by atoms with Crippen LogP contribution in [0.4, 0.5) is 5.69 Å². The van der Waals surface area contributed by atoms with Crippen molar-refractivity contribution >= 4 is 29.2 Å². The monoisotopic (exact) mass is 359 g/mol. The Bertz CT molecular complexity index is 806. The molecule has 6 heteroatoms. The van der Waals surface area contributed by atoms with Crippen LogP contribution in [0.1, 0.15) is 28.8 Å². The van der Waals surface area contributed by atoms with Crippen molar-refractivity contribution in [2.75, 3.05) is 18.6 Å². The summed E-state index contributed by atoms with van der Waals surface area (Å²) in [5.74, 6) is 0.196. The number of benzene rings is 2. The zero-order chi connectivity index (χ0) is 17.8. The molecule has 1 fully saturated rings.